The molecular formula is C31H40N4O6S3. The first kappa shape index (κ1) is 32.5. The lowest BCUT2D eigenvalue weighted by Gasteiger charge is -2.30. The van der Waals surface area contributed by atoms with Crippen LogP contribution in [0.5, 0.6) is 0 Å². The number of hydrogen-bond acceptors (Lipinski definition) is 8. The van der Waals surface area contributed by atoms with Crippen molar-refractivity contribution >= 4 is 53.8 Å². The molecule has 0 spiro atoms. The molecule has 10 nitrogen and oxygen atoms in total. The number of sulfonamides is 1. The van der Waals surface area contributed by atoms with Crippen LogP contribution >= 0.6 is 11.3 Å². The zero-order valence-corrected chi connectivity index (χ0v) is 28.0. The number of piperidine rings is 1. The van der Waals surface area contributed by atoms with Crippen molar-refractivity contribution in [3.63, 3.8) is 0 Å². The molecule has 2 aliphatic rings. The predicted octanol–water partition coefficient (Wildman–Crippen LogP) is 4.61. The van der Waals surface area contributed by atoms with Crippen molar-refractivity contribution in [3.8, 4) is 10.4 Å². The van der Waals surface area contributed by atoms with Gasteiger partial charge in [-0.3, -0.25) is 9.59 Å². The molecule has 2 aromatic carbocycles. The second-order valence-corrected chi connectivity index (χ2v) is 17.5. The Morgan fingerprint density at radius 3 is 2.30 bits per heavy atom. The zero-order chi connectivity index (χ0) is 31.9. The highest BCUT2D eigenvalue weighted by atomic mass is 32.2. The van der Waals surface area contributed by atoms with Crippen molar-refractivity contribution in [2.75, 3.05) is 24.6 Å². The fourth-order valence-corrected chi connectivity index (χ4v) is 9.77. The van der Waals surface area contributed by atoms with Crippen LogP contribution in [0.3, 0.4) is 0 Å². The monoisotopic (exact) mass is 660 g/mol. The topological polar surface area (TPSA) is 143 Å². The number of likely N-dealkylation sites (tertiary alicyclic amines) is 1. The number of hydrogen-bond donors (Lipinski definition) is 2. The first-order chi connectivity index (χ1) is 20.7. The Labute approximate surface area is 263 Å². The van der Waals surface area contributed by atoms with Crippen molar-refractivity contribution in [1.29, 1.82) is 0 Å². The normalized spacial score (nSPS) is 18.4. The van der Waals surface area contributed by atoms with Gasteiger partial charge >= 0.3 is 0 Å². The van der Waals surface area contributed by atoms with E-state index in [0.29, 0.717) is 59.5 Å². The maximum atomic E-state index is 13.9. The standard InChI is InChI=1S/C31H40N4O6S3/c1-5-31(3,4)34-44(40,41)25-11-10-24(22-8-6-7-9-23(22)25)27-26(30(37)35-16-12-20(2)13-17-35)33-29(42-27)28(36)32-21-14-18-43(38,39)19-15-21/h6-11,20-21,34H,5,12-19H2,1-4H3,(H,32,36). The Balaban J connectivity index is 1.57. The minimum absolute atomic E-state index is 0.0176. The maximum Gasteiger partial charge on any atom is 0.280 e. The Morgan fingerprint density at radius 1 is 1.02 bits per heavy atom. The molecule has 0 saturated carbocycles. The Morgan fingerprint density at radius 2 is 1.66 bits per heavy atom. The predicted molar refractivity (Wildman–Crippen MR) is 173 cm³/mol. The summed E-state index contributed by atoms with van der Waals surface area (Å²) in [5, 5.41) is 4.14. The van der Waals surface area contributed by atoms with Crippen LogP contribution in [-0.2, 0) is 19.9 Å². The minimum atomic E-state index is -3.88. The van der Waals surface area contributed by atoms with Crippen LogP contribution in [0.1, 0.15) is 80.1 Å². The maximum absolute atomic E-state index is 13.9. The first-order valence-corrected chi connectivity index (χ1v) is 19.2. The van der Waals surface area contributed by atoms with E-state index < -0.39 is 31.3 Å². The third-order valence-electron chi connectivity index (χ3n) is 8.70. The number of aromatic nitrogens is 1. The van der Waals surface area contributed by atoms with Crippen molar-refractivity contribution in [1.82, 2.24) is 19.9 Å². The van der Waals surface area contributed by atoms with Crippen LogP contribution in [0, 0.1) is 5.92 Å². The van der Waals surface area contributed by atoms with E-state index in [1.807, 2.05) is 32.9 Å². The number of sulfone groups is 1. The molecule has 238 valence electrons. The smallest absolute Gasteiger partial charge is 0.280 e. The van der Waals surface area contributed by atoms with Gasteiger partial charge in [-0.05, 0) is 63.3 Å². The molecule has 3 aromatic rings. The molecule has 0 radical (unpaired) electrons. The number of rotatable bonds is 8. The van der Waals surface area contributed by atoms with Crippen LogP contribution < -0.4 is 10.0 Å². The van der Waals surface area contributed by atoms with Gasteiger partial charge in [0.15, 0.2) is 5.01 Å². The molecule has 2 aliphatic heterocycles. The van der Waals surface area contributed by atoms with Gasteiger partial charge < -0.3 is 10.2 Å². The summed E-state index contributed by atoms with van der Waals surface area (Å²) in [4.78, 5) is 34.3. The highest BCUT2D eigenvalue weighted by molar-refractivity contribution is 7.91. The lowest BCUT2D eigenvalue weighted by Crippen LogP contribution is -2.42. The molecule has 13 heteroatoms. The quantitative estimate of drug-likeness (QED) is 0.359. The lowest BCUT2D eigenvalue weighted by molar-refractivity contribution is 0.0692. The third kappa shape index (κ3) is 7.00. The van der Waals surface area contributed by atoms with Crippen LogP contribution in [0.15, 0.2) is 41.3 Å². The lowest BCUT2D eigenvalue weighted by atomic mass is 9.98. The zero-order valence-electron chi connectivity index (χ0n) is 25.6. The highest BCUT2D eigenvalue weighted by Crippen LogP contribution is 2.39. The van der Waals surface area contributed by atoms with E-state index in [-0.39, 0.29) is 39.1 Å². The summed E-state index contributed by atoms with van der Waals surface area (Å²) in [5.74, 6) is -0.174. The number of nitrogens with zero attached hydrogens (tertiary/aromatic N) is 2. The number of fused-ring (bicyclic) bond motifs is 1. The summed E-state index contributed by atoms with van der Waals surface area (Å²) in [7, 11) is -6.97. The largest absolute Gasteiger partial charge is 0.347 e. The fourth-order valence-electron chi connectivity index (χ4n) is 5.58. The SMILES string of the molecule is CCC(C)(C)NS(=O)(=O)c1ccc(-c2sc(C(=O)NC3CCS(=O)(=O)CC3)nc2C(=O)N2CCC(C)CC2)c2ccccc12. The van der Waals surface area contributed by atoms with Gasteiger partial charge in [0, 0.05) is 35.6 Å². The Bertz CT molecular complexity index is 1780. The molecule has 44 heavy (non-hydrogen) atoms. The van der Waals surface area contributed by atoms with E-state index in [4.69, 9.17) is 0 Å². The number of benzene rings is 2. The molecule has 2 amide bonds. The van der Waals surface area contributed by atoms with Gasteiger partial charge in [-0.1, -0.05) is 44.2 Å². The fraction of sp³-hybridized carbons (Fsp3) is 0.516. The summed E-state index contributed by atoms with van der Waals surface area (Å²) < 4.78 is 53.6. The van der Waals surface area contributed by atoms with Crippen LogP contribution in [0.4, 0.5) is 0 Å². The van der Waals surface area contributed by atoms with Crippen LogP contribution in [0.25, 0.3) is 21.2 Å². The molecule has 2 fully saturated rings. The Kier molecular flexibility index (Phi) is 9.23. The minimum Gasteiger partial charge on any atom is -0.347 e. The molecule has 0 unspecified atom stereocenters. The average Bonchev–Trinajstić information content (AvgIpc) is 3.42. The van der Waals surface area contributed by atoms with Gasteiger partial charge in [0.1, 0.15) is 15.5 Å². The van der Waals surface area contributed by atoms with E-state index in [9.17, 15) is 26.4 Å². The second-order valence-electron chi connectivity index (χ2n) is 12.6. The molecule has 2 N–H and O–H groups in total. The highest BCUT2D eigenvalue weighted by Gasteiger charge is 2.32. The van der Waals surface area contributed by atoms with E-state index in [1.54, 1.807) is 29.2 Å². The number of thiazole rings is 1. The van der Waals surface area contributed by atoms with E-state index in [0.717, 1.165) is 24.2 Å². The molecule has 1 aromatic heterocycles. The van der Waals surface area contributed by atoms with Crippen molar-refractivity contribution in [2.45, 2.75) is 76.3 Å². The first-order valence-electron chi connectivity index (χ1n) is 15.1. The van der Waals surface area contributed by atoms with Gasteiger partial charge in [0.2, 0.25) is 10.0 Å². The average molecular weight is 661 g/mol. The van der Waals surface area contributed by atoms with E-state index in [2.05, 4.69) is 21.9 Å². The van der Waals surface area contributed by atoms with Gasteiger partial charge in [-0.15, -0.1) is 11.3 Å². The number of nitrogens with one attached hydrogen (secondary N) is 2. The van der Waals surface area contributed by atoms with Gasteiger partial charge in [0.05, 0.1) is 21.3 Å². The third-order valence-corrected chi connectivity index (χ3v) is 13.3. The van der Waals surface area contributed by atoms with Crippen molar-refractivity contribution < 1.29 is 26.4 Å². The Hall–Kier alpha value is -2.87. The van der Waals surface area contributed by atoms with E-state index in [1.165, 1.54) is 0 Å². The molecular weight excluding hydrogens is 621 g/mol. The van der Waals surface area contributed by atoms with Gasteiger partial charge in [0.25, 0.3) is 11.8 Å². The van der Waals surface area contributed by atoms with Gasteiger partial charge in [-0.25, -0.2) is 26.5 Å². The number of carbonyl (C=O) groups excluding carboxylic acids is 2. The second kappa shape index (κ2) is 12.5. The number of amides is 2. The molecule has 0 aliphatic carbocycles. The molecule has 0 bridgehead atoms. The molecule has 3 heterocycles. The number of carbonyl (C=O) groups is 2. The summed E-state index contributed by atoms with van der Waals surface area (Å²) in [6.07, 6.45) is 3.01. The molecule has 0 atom stereocenters. The van der Waals surface area contributed by atoms with Crippen molar-refractivity contribution in [2.24, 2.45) is 5.92 Å². The summed E-state index contributed by atoms with van der Waals surface area (Å²) in [6.45, 7) is 8.91. The summed E-state index contributed by atoms with van der Waals surface area (Å²) >= 11 is 1.09. The van der Waals surface area contributed by atoms with Crippen molar-refractivity contribution in [3.05, 3.63) is 47.1 Å². The summed E-state index contributed by atoms with van der Waals surface area (Å²) in [6, 6.07) is 10.1. The molecule has 2 saturated heterocycles. The summed E-state index contributed by atoms with van der Waals surface area (Å²) in [5.41, 5.74) is 0.127. The van der Waals surface area contributed by atoms with Crippen LogP contribution in [0.2, 0.25) is 0 Å². The van der Waals surface area contributed by atoms with E-state index >= 15 is 0 Å². The van der Waals surface area contributed by atoms with Gasteiger partial charge in [-0.2, -0.15) is 0 Å². The van der Waals surface area contributed by atoms with Crippen LogP contribution in [-0.4, -0.2) is 74.7 Å². The molecule has 5 rings (SSSR count).